The molecule has 1 aliphatic carbocycles. The van der Waals surface area contributed by atoms with Gasteiger partial charge in [0.25, 0.3) is 0 Å². The zero-order valence-corrected chi connectivity index (χ0v) is 11.4. The Hall–Kier alpha value is -1.61. The molecule has 100 valence electrons. The first-order chi connectivity index (χ1) is 9.31. The van der Waals surface area contributed by atoms with Gasteiger partial charge in [-0.25, -0.2) is 4.98 Å². The van der Waals surface area contributed by atoms with Gasteiger partial charge in [-0.1, -0.05) is 31.2 Å². The molecule has 1 heterocycles. The summed E-state index contributed by atoms with van der Waals surface area (Å²) in [5.41, 5.74) is 9.28. The normalized spacial score (nSPS) is 22.8. The van der Waals surface area contributed by atoms with Crippen LogP contribution >= 0.6 is 0 Å². The fourth-order valence-electron chi connectivity index (χ4n) is 3.21. The van der Waals surface area contributed by atoms with Gasteiger partial charge in [-0.3, -0.25) is 0 Å². The first kappa shape index (κ1) is 12.4. The summed E-state index contributed by atoms with van der Waals surface area (Å²) in [6, 6.07) is 9.00. The molecule has 2 atom stereocenters. The fraction of sp³-hybridized carbons (Fsp3) is 0.438. The zero-order valence-electron chi connectivity index (χ0n) is 11.4. The van der Waals surface area contributed by atoms with E-state index in [4.69, 9.17) is 5.73 Å². The maximum absolute atomic E-state index is 6.56. The summed E-state index contributed by atoms with van der Waals surface area (Å²) in [6.45, 7) is 2.15. The van der Waals surface area contributed by atoms with Crippen LogP contribution in [0, 0.1) is 0 Å². The second kappa shape index (κ2) is 5.17. The molecule has 3 heteroatoms. The highest BCUT2D eigenvalue weighted by molar-refractivity contribution is 5.32. The van der Waals surface area contributed by atoms with Crippen molar-refractivity contribution in [1.82, 2.24) is 9.55 Å². The number of nitrogens with zero attached hydrogens (tertiary/aromatic N) is 2. The van der Waals surface area contributed by atoms with Crippen molar-refractivity contribution in [3.8, 4) is 0 Å². The molecule has 19 heavy (non-hydrogen) atoms. The van der Waals surface area contributed by atoms with Gasteiger partial charge >= 0.3 is 0 Å². The number of rotatable bonds is 2. The van der Waals surface area contributed by atoms with Crippen LogP contribution in [-0.2, 0) is 12.8 Å². The van der Waals surface area contributed by atoms with Crippen LogP contribution in [-0.4, -0.2) is 9.55 Å². The van der Waals surface area contributed by atoms with Crippen molar-refractivity contribution >= 4 is 0 Å². The minimum atomic E-state index is 0.0678. The van der Waals surface area contributed by atoms with E-state index in [-0.39, 0.29) is 6.04 Å². The average Bonchev–Trinajstić information content (AvgIpc) is 2.85. The number of aromatic nitrogens is 2. The molecule has 1 aromatic carbocycles. The Bertz CT molecular complexity index is 559. The SMILES string of the molecule is CCc1nccn1C1CCCc2ccccc2C1N. The summed E-state index contributed by atoms with van der Waals surface area (Å²) in [7, 11) is 0. The van der Waals surface area contributed by atoms with Gasteiger partial charge in [-0.15, -0.1) is 0 Å². The van der Waals surface area contributed by atoms with E-state index in [0.29, 0.717) is 6.04 Å². The van der Waals surface area contributed by atoms with Crippen molar-refractivity contribution in [3.63, 3.8) is 0 Å². The van der Waals surface area contributed by atoms with Gasteiger partial charge in [0, 0.05) is 18.8 Å². The van der Waals surface area contributed by atoms with Crippen LogP contribution in [0.15, 0.2) is 36.7 Å². The minimum Gasteiger partial charge on any atom is -0.330 e. The molecule has 2 N–H and O–H groups in total. The number of imidazole rings is 1. The summed E-state index contributed by atoms with van der Waals surface area (Å²) >= 11 is 0. The van der Waals surface area contributed by atoms with Crippen LogP contribution < -0.4 is 5.73 Å². The molecule has 2 aromatic rings. The van der Waals surface area contributed by atoms with E-state index in [0.717, 1.165) is 25.1 Å². The van der Waals surface area contributed by atoms with E-state index >= 15 is 0 Å². The predicted octanol–water partition coefficient (Wildman–Crippen LogP) is 3.02. The summed E-state index contributed by atoms with van der Waals surface area (Å²) in [5.74, 6) is 1.14. The molecule has 0 aliphatic heterocycles. The maximum atomic E-state index is 6.56. The van der Waals surface area contributed by atoms with Crippen molar-refractivity contribution in [2.75, 3.05) is 0 Å². The first-order valence-electron chi connectivity index (χ1n) is 7.16. The number of fused-ring (bicyclic) bond motifs is 1. The Morgan fingerprint density at radius 3 is 3.05 bits per heavy atom. The Labute approximate surface area is 114 Å². The maximum Gasteiger partial charge on any atom is 0.108 e. The Morgan fingerprint density at radius 2 is 2.21 bits per heavy atom. The van der Waals surface area contributed by atoms with Crippen molar-refractivity contribution in [2.24, 2.45) is 5.73 Å². The summed E-state index contributed by atoms with van der Waals surface area (Å²) in [6.07, 6.45) is 8.38. The van der Waals surface area contributed by atoms with E-state index in [1.165, 1.54) is 17.5 Å². The van der Waals surface area contributed by atoms with Crippen molar-refractivity contribution in [1.29, 1.82) is 0 Å². The van der Waals surface area contributed by atoms with Gasteiger partial charge in [-0.2, -0.15) is 0 Å². The molecular formula is C16H21N3. The lowest BCUT2D eigenvalue weighted by Gasteiger charge is -2.26. The molecule has 0 saturated heterocycles. The van der Waals surface area contributed by atoms with Gasteiger partial charge < -0.3 is 10.3 Å². The summed E-state index contributed by atoms with van der Waals surface area (Å²) in [5, 5.41) is 0. The lowest BCUT2D eigenvalue weighted by molar-refractivity contribution is 0.384. The second-order valence-corrected chi connectivity index (χ2v) is 5.29. The van der Waals surface area contributed by atoms with Crippen molar-refractivity contribution in [3.05, 3.63) is 53.6 Å². The molecule has 0 fully saturated rings. The van der Waals surface area contributed by atoms with Gasteiger partial charge in [0.1, 0.15) is 5.82 Å². The van der Waals surface area contributed by atoms with Crippen LogP contribution in [0.4, 0.5) is 0 Å². The third-order valence-corrected chi connectivity index (χ3v) is 4.20. The monoisotopic (exact) mass is 255 g/mol. The molecule has 0 saturated carbocycles. The second-order valence-electron chi connectivity index (χ2n) is 5.29. The highest BCUT2D eigenvalue weighted by Gasteiger charge is 2.26. The van der Waals surface area contributed by atoms with Gasteiger partial charge in [0.2, 0.25) is 0 Å². The lowest BCUT2D eigenvalue weighted by Crippen LogP contribution is -2.25. The molecule has 1 aliphatic rings. The predicted molar refractivity (Wildman–Crippen MR) is 77.0 cm³/mol. The Balaban J connectivity index is 2.00. The average molecular weight is 255 g/mol. The standard InChI is InChI=1S/C16H21N3/c1-2-15-18-10-11-19(15)14-9-5-7-12-6-3-4-8-13(12)16(14)17/h3-4,6,8,10-11,14,16H,2,5,7,9,17H2,1H3. The highest BCUT2D eigenvalue weighted by atomic mass is 15.1. The third kappa shape index (κ3) is 2.19. The summed E-state index contributed by atoms with van der Waals surface area (Å²) < 4.78 is 2.28. The molecule has 3 rings (SSSR count). The topological polar surface area (TPSA) is 43.8 Å². The van der Waals surface area contributed by atoms with E-state index in [1.54, 1.807) is 0 Å². The van der Waals surface area contributed by atoms with Gasteiger partial charge in [0.05, 0.1) is 12.1 Å². The van der Waals surface area contributed by atoms with Crippen LogP contribution in [0.2, 0.25) is 0 Å². The first-order valence-corrected chi connectivity index (χ1v) is 7.16. The number of nitrogens with two attached hydrogens (primary N) is 1. The Morgan fingerprint density at radius 1 is 1.37 bits per heavy atom. The molecule has 0 spiro atoms. The van der Waals surface area contributed by atoms with E-state index in [2.05, 4.69) is 46.9 Å². The number of aryl methyl sites for hydroxylation is 2. The molecule has 2 unspecified atom stereocenters. The molecule has 3 nitrogen and oxygen atoms in total. The van der Waals surface area contributed by atoms with Crippen LogP contribution in [0.5, 0.6) is 0 Å². The molecule has 0 bridgehead atoms. The largest absolute Gasteiger partial charge is 0.330 e. The van der Waals surface area contributed by atoms with Gasteiger partial charge in [-0.05, 0) is 30.4 Å². The molecular weight excluding hydrogens is 234 g/mol. The summed E-state index contributed by atoms with van der Waals surface area (Å²) in [4.78, 5) is 4.44. The number of hydrogen-bond donors (Lipinski definition) is 1. The Kier molecular flexibility index (Phi) is 3.38. The highest BCUT2D eigenvalue weighted by Crippen LogP contribution is 2.35. The van der Waals surface area contributed by atoms with Crippen LogP contribution in [0.3, 0.4) is 0 Å². The van der Waals surface area contributed by atoms with E-state index in [9.17, 15) is 0 Å². The third-order valence-electron chi connectivity index (χ3n) is 4.20. The van der Waals surface area contributed by atoms with Gasteiger partial charge in [0.15, 0.2) is 0 Å². The van der Waals surface area contributed by atoms with E-state index in [1.807, 2.05) is 6.20 Å². The van der Waals surface area contributed by atoms with Crippen LogP contribution in [0.25, 0.3) is 0 Å². The number of benzene rings is 1. The molecule has 0 amide bonds. The van der Waals surface area contributed by atoms with E-state index < -0.39 is 0 Å². The van der Waals surface area contributed by atoms with Crippen molar-refractivity contribution < 1.29 is 0 Å². The minimum absolute atomic E-state index is 0.0678. The quantitative estimate of drug-likeness (QED) is 0.838. The lowest BCUT2D eigenvalue weighted by atomic mass is 9.97. The molecule has 0 radical (unpaired) electrons. The zero-order chi connectivity index (χ0) is 13.2. The van der Waals surface area contributed by atoms with Crippen LogP contribution in [0.1, 0.15) is 48.8 Å². The van der Waals surface area contributed by atoms with Crippen molar-refractivity contribution in [2.45, 2.75) is 44.7 Å². The fourth-order valence-corrected chi connectivity index (χ4v) is 3.21. The molecule has 1 aromatic heterocycles. The number of hydrogen-bond acceptors (Lipinski definition) is 2. The smallest absolute Gasteiger partial charge is 0.108 e.